The van der Waals surface area contributed by atoms with Gasteiger partial charge in [-0.25, -0.2) is 0 Å². The zero-order chi connectivity index (χ0) is 11.2. The van der Waals surface area contributed by atoms with Crippen LogP contribution in [-0.4, -0.2) is 25.0 Å². The van der Waals surface area contributed by atoms with Gasteiger partial charge < -0.3 is 10.6 Å². The highest BCUT2D eigenvalue weighted by Crippen LogP contribution is 2.09. The molecule has 1 fully saturated rings. The summed E-state index contributed by atoms with van der Waals surface area (Å²) in [5.74, 6) is 0.139. The molecule has 16 heavy (non-hydrogen) atoms. The second-order valence-electron chi connectivity index (χ2n) is 4.19. The van der Waals surface area contributed by atoms with Gasteiger partial charge in [0.25, 0.3) is 0 Å². The summed E-state index contributed by atoms with van der Waals surface area (Å²) in [6, 6.07) is 4.60. The molecule has 2 heterocycles. The molecule has 88 valence electrons. The molecule has 2 N–H and O–H groups in total. The average molecular weight is 238 g/mol. The monoisotopic (exact) mass is 238 g/mol. The average Bonchev–Trinajstić information content (AvgIpc) is 2.90. The zero-order valence-corrected chi connectivity index (χ0v) is 10.2. The lowest BCUT2D eigenvalue weighted by atomic mass is 10.1. The predicted molar refractivity (Wildman–Crippen MR) is 66.7 cm³/mol. The lowest BCUT2D eigenvalue weighted by Crippen LogP contribution is -2.31. The Hall–Kier alpha value is -0.870. The fourth-order valence-electron chi connectivity index (χ4n) is 2.02. The topological polar surface area (TPSA) is 41.1 Å². The van der Waals surface area contributed by atoms with Crippen molar-refractivity contribution < 1.29 is 4.79 Å². The maximum absolute atomic E-state index is 11.6. The summed E-state index contributed by atoms with van der Waals surface area (Å²) in [6.07, 6.45) is 4.10. The predicted octanol–water partition coefficient (Wildman–Crippen LogP) is 1.55. The third-order valence-electron chi connectivity index (χ3n) is 2.89. The summed E-state index contributed by atoms with van der Waals surface area (Å²) in [5, 5.41) is 8.41. The number of nitrogens with one attached hydrogen (secondary N) is 2. The SMILES string of the molecule is O=C(Cc1cccs1)NCC[C@H]1CCCN1. The Morgan fingerprint density at radius 3 is 3.25 bits per heavy atom. The number of rotatable bonds is 5. The Bertz CT molecular complexity index is 318. The van der Waals surface area contributed by atoms with Gasteiger partial charge in [-0.05, 0) is 37.3 Å². The normalized spacial score (nSPS) is 19.9. The molecular weight excluding hydrogens is 220 g/mol. The first-order valence-electron chi connectivity index (χ1n) is 5.87. The second kappa shape index (κ2) is 6.01. The first-order chi connectivity index (χ1) is 7.84. The quantitative estimate of drug-likeness (QED) is 0.817. The van der Waals surface area contributed by atoms with E-state index in [1.165, 1.54) is 12.8 Å². The largest absolute Gasteiger partial charge is 0.356 e. The van der Waals surface area contributed by atoms with E-state index in [0.717, 1.165) is 24.4 Å². The third kappa shape index (κ3) is 3.61. The molecule has 0 radical (unpaired) electrons. The van der Waals surface area contributed by atoms with Gasteiger partial charge >= 0.3 is 0 Å². The van der Waals surface area contributed by atoms with Crippen LogP contribution in [-0.2, 0) is 11.2 Å². The summed E-state index contributed by atoms with van der Waals surface area (Å²) >= 11 is 1.64. The van der Waals surface area contributed by atoms with Crippen molar-refractivity contribution in [2.24, 2.45) is 0 Å². The van der Waals surface area contributed by atoms with Gasteiger partial charge in [-0.2, -0.15) is 0 Å². The highest BCUT2D eigenvalue weighted by Gasteiger charge is 2.13. The van der Waals surface area contributed by atoms with Crippen molar-refractivity contribution in [2.75, 3.05) is 13.1 Å². The van der Waals surface area contributed by atoms with Crippen LogP contribution >= 0.6 is 11.3 Å². The van der Waals surface area contributed by atoms with E-state index in [9.17, 15) is 4.79 Å². The molecule has 0 bridgehead atoms. The van der Waals surface area contributed by atoms with E-state index in [1.807, 2.05) is 17.5 Å². The molecule has 0 aliphatic carbocycles. The minimum atomic E-state index is 0.139. The molecule has 0 saturated carbocycles. The Morgan fingerprint density at radius 2 is 2.56 bits per heavy atom. The van der Waals surface area contributed by atoms with Crippen molar-refractivity contribution in [3.8, 4) is 0 Å². The van der Waals surface area contributed by atoms with Gasteiger partial charge in [-0.3, -0.25) is 4.79 Å². The van der Waals surface area contributed by atoms with Gasteiger partial charge in [0, 0.05) is 17.5 Å². The van der Waals surface area contributed by atoms with Gasteiger partial charge in [0.05, 0.1) is 6.42 Å². The van der Waals surface area contributed by atoms with E-state index in [2.05, 4.69) is 10.6 Å². The number of hydrogen-bond acceptors (Lipinski definition) is 3. The summed E-state index contributed by atoms with van der Waals surface area (Å²) in [4.78, 5) is 12.7. The number of thiophene rings is 1. The van der Waals surface area contributed by atoms with Crippen LogP contribution in [0.3, 0.4) is 0 Å². The molecule has 0 aromatic carbocycles. The molecule has 4 heteroatoms. The molecule has 1 amide bonds. The molecule has 2 rings (SSSR count). The van der Waals surface area contributed by atoms with Crippen molar-refractivity contribution in [3.05, 3.63) is 22.4 Å². The highest BCUT2D eigenvalue weighted by molar-refractivity contribution is 7.10. The summed E-state index contributed by atoms with van der Waals surface area (Å²) < 4.78 is 0. The molecular formula is C12H18N2OS. The molecule has 1 aliphatic heterocycles. The molecule has 1 aliphatic rings. The maximum atomic E-state index is 11.6. The van der Waals surface area contributed by atoms with E-state index in [0.29, 0.717) is 12.5 Å². The van der Waals surface area contributed by atoms with Crippen molar-refractivity contribution >= 4 is 17.2 Å². The first-order valence-corrected chi connectivity index (χ1v) is 6.75. The Morgan fingerprint density at radius 1 is 1.62 bits per heavy atom. The van der Waals surface area contributed by atoms with Crippen molar-refractivity contribution in [1.29, 1.82) is 0 Å². The summed E-state index contributed by atoms with van der Waals surface area (Å²) in [5.41, 5.74) is 0. The van der Waals surface area contributed by atoms with E-state index in [-0.39, 0.29) is 5.91 Å². The summed E-state index contributed by atoms with van der Waals surface area (Å²) in [6.45, 7) is 1.93. The first kappa shape index (κ1) is 11.6. The standard InChI is InChI=1S/C12H18N2OS/c15-12(9-11-4-2-8-16-11)14-7-5-10-3-1-6-13-10/h2,4,8,10,13H,1,3,5-7,9H2,(H,14,15)/t10-/m1/s1. The number of hydrogen-bond donors (Lipinski definition) is 2. The van der Waals surface area contributed by atoms with Crippen LogP contribution in [0, 0.1) is 0 Å². The van der Waals surface area contributed by atoms with Crippen LogP contribution in [0.1, 0.15) is 24.1 Å². The Balaban J connectivity index is 1.60. The highest BCUT2D eigenvalue weighted by atomic mass is 32.1. The zero-order valence-electron chi connectivity index (χ0n) is 9.37. The molecule has 1 aromatic heterocycles. The van der Waals surface area contributed by atoms with Gasteiger partial charge in [0.15, 0.2) is 0 Å². The van der Waals surface area contributed by atoms with Crippen molar-refractivity contribution in [3.63, 3.8) is 0 Å². The lowest BCUT2D eigenvalue weighted by Gasteiger charge is -2.10. The minimum absolute atomic E-state index is 0.139. The van der Waals surface area contributed by atoms with Gasteiger partial charge in [-0.15, -0.1) is 11.3 Å². The minimum Gasteiger partial charge on any atom is -0.356 e. The van der Waals surface area contributed by atoms with Crippen LogP contribution in [0.15, 0.2) is 17.5 Å². The van der Waals surface area contributed by atoms with E-state index >= 15 is 0 Å². The Labute approximate surface area is 100 Å². The smallest absolute Gasteiger partial charge is 0.225 e. The van der Waals surface area contributed by atoms with Gasteiger partial charge in [0.2, 0.25) is 5.91 Å². The number of amides is 1. The number of carbonyl (C=O) groups is 1. The number of carbonyl (C=O) groups excluding carboxylic acids is 1. The molecule has 0 spiro atoms. The second-order valence-corrected chi connectivity index (χ2v) is 5.22. The van der Waals surface area contributed by atoms with E-state index in [4.69, 9.17) is 0 Å². The summed E-state index contributed by atoms with van der Waals surface area (Å²) in [7, 11) is 0. The van der Waals surface area contributed by atoms with Gasteiger partial charge in [-0.1, -0.05) is 6.07 Å². The molecule has 3 nitrogen and oxygen atoms in total. The van der Waals surface area contributed by atoms with Crippen LogP contribution in [0.25, 0.3) is 0 Å². The van der Waals surface area contributed by atoms with Crippen LogP contribution in [0.4, 0.5) is 0 Å². The van der Waals surface area contributed by atoms with Crippen molar-refractivity contribution in [1.82, 2.24) is 10.6 Å². The fraction of sp³-hybridized carbons (Fsp3) is 0.583. The Kier molecular flexibility index (Phi) is 4.36. The van der Waals surface area contributed by atoms with Crippen LogP contribution in [0.5, 0.6) is 0 Å². The molecule has 1 aromatic rings. The van der Waals surface area contributed by atoms with Crippen LogP contribution in [0.2, 0.25) is 0 Å². The lowest BCUT2D eigenvalue weighted by molar-refractivity contribution is -0.120. The van der Waals surface area contributed by atoms with Gasteiger partial charge in [0.1, 0.15) is 0 Å². The molecule has 0 unspecified atom stereocenters. The molecule has 1 saturated heterocycles. The van der Waals surface area contributed by atoms with Crippen LogP contribution < -0.4 is 10.6 Å². The maximum Gasteiger partial charge on any atom is 0.225 e. The van der Waals surface area contributed by atoms with E-state index in [1.54, 1.807) is 11.3 Å². The fourth-order valence-corrected chi connectivity index (χ4v) is 2.73. The van der Waals surface area contributed by atoms with Crippen molar-refractivity contribution in [2.45, 2.75) is 31.7 Å². The molecule has 1 atom stereocenters. The third-order valence-corrected chi connectivity index (χ3v) is 3.77. The van der Waals surface area contributed by atoms with E-state index < -0.39 is 0 Å².